The lowest BCUT2D eigenvalue weighted by molar-refractivity contribution is 0.275. The second-order valence-corrected chi connectivity index (χ2v) is 1.54. The fourth-order valence-electron chi connectivity index (χ4n) is 0. The molecule has 0 aromatic rings. The van der Waals surface area contributed by atoms with E-state index in [0.29, 0.717) is 0 Å². The highest BCUT2D eigenvalue weighted by atomic mass is 32.2. The molecule has 0 unspecified atom stereocenters. The van der Waals surface area contributed by atoms with Gasteiger partial charge in [-0.2, -0.15) is 0 Å². The smallest absolute Gasteiger partial charge is 0.303 e. The highest BCUT2D eigenvalue weighted by molar-refractivity contribution is 7.45. The van der Waals surface area contributed by atoms with Crippen LogP contribution < -0.4 is 0 Å². The molecule has 0 aliphatic heterocycles. The molecule has 3 N–H and O–H groups in total. The summed E-state index contributed by atoms with van der Waals surface area (Å²) in [6, 6.07) is 0. The Morgan fingerprint density at radius 1 is 1.20 bits per heavy atom. The zero-order valence-corrected chi connectivity index (χ0v) is 3.09. The third kappa shape index (κ3) is 1510. The molecule has 0 spiro atoms. The first-order chi connectivity index (χ1) is 2.00. The second-order valence-electron chi connectivity index (χ2n) is 0.513. The minimum atomic E-state index is -4.64. The quantitative estimate of drug-likeness (QED) is 0.343. The standard InChI is InChI=1S/H3O4P/c1-5(2,3)4/h(H3,1,2,3,4)/i5+1. The van der Waals surface area contributed by atoms with Crippen molar-refractivity contribution in [2.45, 2.75) is 0 Å². The van der Waals surface area contributed by atoms with Crippen LogP contribution >= 0.6 is 7.82 Å². The normalized spacial score (nSPS) is 11.8. The Hall–Kier alpha value is 0.110. The molecule has 0 saturated heterocycles. The van der Waals surface area contributed by atoms with E-state index in [2.05, 4.69) is 0 Å². The number of hydrogen-bond acceptors (Lipinski definition) is 1. The molecule has 0 aromatic heterocycles. The molecule has 5 heteroatoms. The Bertz CT molecular complexity index is 49.8. The van der Waals surface area contributed by atoms with Crippen LogP contribution in [0.15, 0.2) is 0 Å². The molecule has 32 valence electrons. The van der Waals surface area contributed by atoms with Gasteiger partial charge in [-0.3, -0.25) is 0 Å². The maximum atomic E-state index is 8.88. The maximum Gasteiger partial charge on any atom is 0.466 e. The molecule has 0 atom stereocenters. The van der Waals surface area contributed by atoms with Crippen molar-refractivity contribution in [3.8, 4) is 0 Å². The predicted octanol–water partition coefficient (Wildman–Crippen LogP) is -0.929. The summed E-state index contributed by atoms with van der Waals surface area (Å²) in [6.45, 7) is 0. The van der Waals surface area contributed by atoms with Crippen molar-refractivity contribution in [2.75, 3.05) is 0 Å². The first-order valence-electron chi connectivity index (χ1n) is 0.783. The number of hydrogen-bond donors (Lipinski definition) is 3. The zero-order valence-electron chi connectivity index (χ0n) is 2.20. The lowest BCUT2D eigenvalue weighted by Gasteiger charge is -1.82. The van der Waals surface area contributed by atoms with Gasteiger partial charge < -0.3 is 14.7 Å². The van der Waals surface area contributed by atoms with Crippen LogP contribution in [-0.2, 0) is 4.57 Å². The van der Waals surface area contributed by atoms with E-state index in [-0.39, 0.29) is 0 Å². The minimum absolute atomic E-state index is 4.64. The van der Waals surface area contributed by atoms with Crippen LogP contribution in [0.4, 0.5) is 0 Å². The van der Waals surface area contributed by atoms with E-state index in [0.717, 1.165) is 0 Å². The van der Waals surface area contributed by atoms with Crippen molar-refractivity contribution < 1.29 is 19.2 Å². The van der Waals surface area contributed by atoms with Gasteiger partial charge in [0.1, 0.15) is 0 Å². The summed E-state index contributed by atoms with van der Waals surface area (Å²) in [6.07, 6.45) is 0. The van der Waals surface area contributed by atoms with Crippen LogP contribution in [0.3, 0.4) is 0 Å². The average Bonchev–Trinajstić information content (AvgIpc) is 0.722. The molecule has 0 aromatic carbocycles. The van der Waals surface area contributed by atoms with Gasteiger partial charge in [-0.1, -0.05) is 0 Å². The Balaban J connectivity index is 3.47. The maximum absolute atomic E-state index is 8.88. The van der Waals surface area contributed by atoms with E-state index in [9.17, 15) is 0 Å². The zero-order chi connectivity index (χ0) is 4.50. The summed E-state index contributed by atoms with van der Waals surface area (Å²) in [5.74, 6) is 0. The monoisotopic (exact) mass is 99.0 g/mol. The molecular formula is H3O4P. The van der Waals surface area contributed by atoms with Crippen LogP contribution in [0, 0.1) is 0 Å². The van der Waals surface area contributed by atoms with Crippen molar-refractivity contribution in [1.82, 2.24) is 0 Å². The van der Waals surface area contributed by atoms with E-state index < -0.39 is 7.82 Å². The Morgan fingerprint density at radius 2 is 1.20 bits per heavy atom. The molecule has 0 bridgehead atoms. The van der Waals surface area contributed by atoms with Gasteiger partial charge in [0.15, 0.2) is 0 Å². The third-order valence-electron chi connectivity index (χ3n) is 0. The Labute approximate surface area is 28.3 Å². The van der Waals surface area contributed by atoms with Gasteiger partial charge in [0.05, 0.1) is 0 Å². The van der Waals surface area contributed by atoms with Crippen molar-refractivity contribution in [2.24, 2.45) is 0 Å². The lowest BCUT2D eigenvalue weighted by atomic mass is 15.8. The van der Waals surface area contributed by atoms with Crippen LogP contribution in [0.1, 0.15) is 0 Å². The summed E-state index contributed by atoms with van der Waals surface area (Å²) in [4.78, 5) is 21.6. The number of phosphoric acid groups is 1. The van der Waals surface area contributed by atoms with Gasteiger partial charge in [0, 0.05) is 0 Å². The fraction of sp³-hybridized carbons (Fsp3) is 0. The molecule has 4 nitrogen and oxygen atoms in total. The fourth-order valence-corrected chi connectivity index (χ4v) is 0. The van der Waals surface area contributed by atoms with E-state index in [1.807, 2.05) is 0 Å². The third-order valence-corrected chi connectivity index (χ3v) is 0. The topological polar surface area (TPSA) is 77.8 Å². The van der Waals surface area contributed by atoms with Crippen molar-refractivity contribution >= 4 is 7.82 Å². The molecular weight excluding hydrogens is 96.0 g/mol. The van der Waals surface area contributed by atoms with Gasteiger partial charge in [0.25, 0.3) is 0 Å². The summed E-state index contributed by atoms with van der Waals surface area (Å²) >= 11 is 0. The second kappa shape index (κ2) is 1.06. The van der Waals surface area contributed by atoms with Gasteiger partial charge in [0.2, 0.25) is 0 Å². The van der Waals surface area contributed by atoms with E-state index >= 15 is 0 Å². The van der Waals surface area contributed by atoms with Crippen molar-refractivity contribution in [3.05, 3.63) is 0 Å². The highest BCUT2D eigenvalue weighted by Crippen LogP contribution is 2.25. The summed E-state index contributed by atoms with van der Waals surface area (Å²) in [7, 11) is -4.64. The molecule has 0 aliphatic carbocycles. The molecule has 0 amide bonds. The first-order valence-corrected chi connectivity index (χ1v) is 2.35. The molecule has 0 saturated carbocycles. The molecule has 0 rings (SSSR count). The largest absolute Gasteiger partial charge is 0.466 e. The van der Waals surface area contributed by atoms with Gasteiger partial charge in [-0.05, 0) is 0 Å². The molecule has 0 fully saturated rings. The van der Waals surface area contributed by atoms with Gasteiger partial charge in [-0.15, -0.1) is 0 Å². The van der Waals surface area contributed by atoms with Crippen molar-refractivity contribution in [1.29, 1.82) is 0 Å². The van der Waals surface area contributed by atoms with E-state index in [4.69, 9.17) is 19.2 Å². The van der Waals surface area contributed by atoms with E-state index in [1.54, 1.807) is 0 Å². The van der Waals surface area contributed by atoms with E-state index in [1.165, 1.54) is 0 Å². The van der Waals surface area contributed by atoms with Crippen LogP contribution in [0.25, 0.3) is 0 Å². The van der Waals surface area contributed by atoms with Crippen LogP contribution in [0.2, 0.25) is 0 Å². The first kappa shape index (κ1) is 5.11. The average molecular weight is 99.0 g/mol. The summed E-state index contributed by atoms with van der Waals surface area (Å²) in [5, 5.41) is 0. The van der Waals surface area contributed by atoms with Gasteiger partial charge >= 0.3 is 7.82 Å². The SMILES string of the molecule is O=[32P](O)(O)O. The highest BCUT2D eigenvalue weighted by Gasteiger charge is 2.00. The molecule has 0 heterocycles. The van der Waals surface area contributed by atoms with Gasteiger partial charge in [-0.25, -0.2) is 4.57 Å². The predicted molar refractivity (Wildman–Crippen MR) is 14.3 cm³/mol. The number of rotatable bonds is 0. The Kier molecular flexibility index (Phi) is 1.09. The molecule has 5 heavy (non-hydrogen) atoms. The Morgan fingerprint density at radius 3 is 1.20 bits per heavy atom. The molecule has 0 radical (unpaired) electrons. The lowest BCUT2D eigenvalue weighted by Crippen LogP contribution is -1.66. The van der Waals surface area contributed by atoms with Crippen LogP contribution in [0.5, 0.6) is 0 Å². The van der Waals surface area contributed by atoms with Crippen LogP contribution in [-0.4, -0.2) is 14.7 Å². The molecule has 0 aliphatic rings. The summed E-state index contributed by atoms with van der Waals surface area (Å²) < 4.78 is 8.88. The van der Waals surface area contributed by atoms with Crippen molar-refractivity contribution in [3.63, 3.8) is 0 Å². The minimum Gasteiger partial charge on any atom is -0.303 e. The summed E-state index contributed by atoms with van der Waals surface area (Å²) in [5.41, 5.74) is 0.